The van der Waals surface area contributed by atoms with Gasteiger partial charge < -0.3 is 14.9 Å². The van der Waals surface area contributed by atoms with Gasteiger partial charge in [-0.2, -0.15) is 0 Å². The first-order valence-electron chi connectivity index (χ1n) is 13.5. The van der Waals surface area contributed by atoms with Gasteiger partial charge in [0, 0.05) is 18.4 Å². The molecule has 0 unspecified atom stereocenters. The average Bonchev–Trinajstić information content (AvgIpc) is 3.14. The van der Waals surface area contributed by atoms with Gasteiger partial charge in [-0.15, -0.1) is 0 Å². The van der Waals surface area contributed by atoms with Crippen molar-refractivity contribution >= 4 is 0 Å². The predicted octanol–water partition coefficient (Wildman–Crippen LogP) is 4.34. The van der Waals surface area contributed by atoms with Crippen molar-refractivity contribution in [1.82, 2.24) is 5.32 Å². The maximum absolute atomic E-state index is 11.8. The molecular formula is C27H45NO3. The van der Waals surface area contributed by atoms with Gasteiger partial charge in [0.15, 0.2) is 0 Å². The third kappa shape index (κ3) is 2.74. The second-order valence-electron chi connectivity index (χ2n) is 13.4. The average molecular weight is 432 g/mol. The van der Waals surface area contributed by atoms with E-state index >= 15 is 0 Å². The van der Waals surface area contributed by atoms with E-state index < -0.39 is 0 Å². The molecule has 4 saturated carbocycles. The van der Waals surface area contributed by atoms with Gasteiger partial charge in [-0.05, 0) is 98.2 Å². The normalized spacial score (nSPS) is 63.3. The topological polar surface area (TPSA) is 61.7 Å². The molecule has 6 rings (SSSR count). The molecule has 176 valence electrons. The van der Waals surface area contributed by atoms with Crippen molar-refractivity contribution < 1.29 is 14.9 Å². The first-order chi connectivity index (χ1) is 14.7. The lowest BCUT2D eigenvalue weighted by atomic mass is 9.44. The highest BCUT2D eigenvalue weighted by atomic mass is 16.5. The highest BCUT2D eigenvalue weighted by molar-refractivity contribution is 5.19. The Kier molecular flexibility index (Phi) is 4.78. The fourth-order valence-electron chi connectivity index (χ4n) is 10.5. The van der Waals surface area contributed by atoms with E-state index in [0.29, 0.717) is 40.9 Å². The summed E-state index contributed by atoms with van der Waals surface area (Å²) in [5.41, 5.74) is 0.336. The molecule has 2 aliphatic heterocycles. The number of fused-ring (bicyclic) bond motifs is 7. The molecule has 2 heterocycles. The maximum atomic E-state index is 11.8. The van der Waals surface area contributed by atoms with Crippen LogP contribution in [0.25, 0.3) is 0 Å². The third-order valence-corrected chi connectivity index (χ3v) is 12.1. The Morgan fingerprint density at radius 2 is 1.65 bits per heavy atom. The summed E-state index contributed by atoms with van der Waals surface area (Å²) in [4.78, 5) is 0. The van der Waals surface area contributed by atoms with E-state index in [-0.39, 0.29) is 29.5 Å². The largest absolute Gasteiger partial charge is 0.393 e. The number of hydrogen-bond acceptors (Lipinski definition) is 4. The number of hydrogen-bond donors (Lipinski definition) is 3. The minimum atomic E-state index is -0.319. The lowest BCUT2D eigenvalue weighted by Crippen LogP contribution is -2.59. The molecule has 4 aliphatic carbocycles. The van der Waals surface area contributed by atoms with Crippen molar-refractivity contribution in [3.05, 3.63) is 0 Å². The van der Waals surface area contributed by atoms with Crippen LogP contribution < -0.4 is 5.32 Å². The van der Waals surface area contributed by atoms with Crippen molar-refractivity contribution in [2.45, 2.75) is 110 Å². The monoisotopic (exact) mass is 431 g/mol. The van der Waals surface area contributed by atoms with Crippen molar-refractivity contribution in [3.8, 4) is 0 Å². The second kappa shape index (κ2) is 6.93. The Bertz CT molecular complexity index is 719. The zero-order valence-corrected chi connectivity index (χ0v) is 20.1. The Morgan fingerprint density at radius 1 is 0.871 bits per heavy atom. The number of aliphatic hydroxyl groups excluding tert-OH is 2. The Hall–Kier alpha value is -0.160. The van der Waals surface area contributed by atoms with Crippen LogP contribution in [0, 0.1) is 52.3 Å². The molecule has 2 saturated heterocycles. The molecule has 13 atom stereocenters. The highest BCUT2D eigenvalue weighted by Crippen LogP contribution is 2.71. The van der Waals surface area contributed by atoms with Crippen LogP contribution in [0.4, 0.5) is 0 Å². The number of rotatable bonds is 0. The molecule has 4 nitrogen and oxygen atoms in total. The molecule has 4 heteroatoms. The SMILES string of the molecule is C[C@@H]1CC[C@@]2(NC1)O[C@H]1[C@H](O)[C@H]3[C@@H]4CC[C@H]5C[C@@H](O)CC[C@]5(C)[C@H]4CC[C@]3(C)[C@H]1[C@@H]2C. The van der Waals surface area contributed by atoms with Gasteiger partial charge in [-0.25, -0.2) is 0 Å². The third-order valence-electron chi connectivity index (χ3n) is 12.1. The molecule has 0 aromatic carbocycles. The van der Waals surface area contributed by atoms with Crippen LogP contribution in [0.15, 0.2) is 0 Å². The van der Waals surface area contributed by atoms with Gasteiger partial charge in [0.1, 0.15) is 5.72 Å². The summed E-state index contributed by atoms with van der Waals surface area (Å²) in [6.45, 7) is 10.8. The summed E-state index contributed by atoms with van der Waals surface area (Å²) in [5.74, 6) is 4.04. The molecule has 0 aromatic rings. The summed E-state index contributed by atoms with van der Waals surface area (Å²) in [7, 11) is 0. The van der Waals surface area contributed by atoms with Crippen LogP contribution >= 0.6 is 0 Å². The number of ether oxygens (including phenoxy) is 1. The molecule has 0 bridgehead atoms. The van der Waals surface area contributed by atoms with Gasteiger partial charge >= 0.3 is 0 Å². The van der Waals surface area contributed by atoms with E-state index in [9.17, 15) is 10.2 Å². The Morgan fingerprint density at radius 3 is 2.39 bits per heavy atom. The van der Waals surface area contributed by atoms with Gasteiger partial charge in [-0.3, -0.25) is 5.32 Å². The number of piperidine rings is 1. The lowest BCUT2D eigenvalue weighted by molar-refractivity contribution is -0.170. The van der Waals surface area contributed by atoms with Crippen LogP contribution in [-0.2, 0) is 4.74 Å². The zero-order chi connectivity index (χ0) is 21.8. The standard InChI is InChI=1S/C27H45NO3/c1-15-7-12-27(28-14-15)16(2)21-24(31-27)23(30)22-19-6-5-17-13-18(29)8-10-25(17,3)20(19)9-11-26(21,22)4/h15-24,28-30H,5-14H2,1-4H3/t15-,16+,17+,18+,19-,20+,21+,22-,23-,24-,25+,26-,27-/m1/s1. The van der Waals surface area contributed by atoms with Crippen LogP contribution in [-0.4, -0.2) is 40.8 Å². The van der Waals surface area contributed by atoms with E-state index in [4.69, 9.17) is 4.74 Å². The first-order valence-corrected chi connectivity index (χ1v) is 13.5. The zero-order valence-electron chi connectivity index (χ0n) is 20.1. The van der Waals surface area contributed by atoms with Crippen molar-refractivity contribution in [2.75, 3.05) is 6.54 Å². The van der Waals surface area contributed by atoms with Gasteiger partial charge in [-0.1, -0.05) is 27.7 Å². The van der Waals surface area contributed by atoms with E-state index in [1.54, 1.807) is 0 Å². The predicted molar refractivity (Wildman–Crippen MR) is 121 cm³/mol. The highest BCUT2D eigenvalue weighted by Gasteiger charge is 2.71. The summed E-state index contributed by atoms with van der Waals surface area (Å²) >= 11 is 0. The molecule has 0 aromatic heterocycles. The number of nitrogens with one attached hydrogen (secondary N) is 1. The minimum absolute atomic E-state index is 0.00311. The van der Waals surface area contributed by atoms with E-state index in [1.165, 1.54) is 38.5 Å². The van der Waals surface area contributed by atoms with Crippen LogP contribution in [0.2, 0.25) is 0 Å². The number of aliphatic hydroxyl groups is 2. The molecular weight excluding hydrogens is 386 g/mol. The maximum Gasteiger partial charge on any atom is 0.122 e. The molecule has 6 fully saturated rings. The molecule has 31 heavy (non-hydrogen) atoms. The van der Waals surface area contributed by atoms with Gasteiger partial charge in [0.05, 0.1) is 18.3 Å². The molecule has 1 spiro atoms. The van der Waals surface area contributed by atoms with Crippen molar-refractivity contribution in [1.29, 1.82) is 0 Å². The van der Waals surface area contributed by atoms with Crippen molar-refractivity contribution in [2.24, 2.45) is 52.3 Å². The fourth-order valence-corrected chi connectivity index (χ4v) is 10.5. The molecule has 0 amide bonds. The fraction of sp³-hybridized carbons (Fsp3) is 1.00. The summed E-state index contributed by atoms with van der Waals surface area (Å²) in [5, 5.41) is 25.9. The summed E-state index contributed by atoms with van der Waals surface area (Å²) < 4.78 is 6.88. The second-order valence-corrected chi connectivity index (χ2v) is 13.4. The smallest absolute Gasteiger partial charge is 0.122 e. The quantitative estimate of drug-likeness (QED) is 0.534. The lowest BCUT2D eigenvalue weighted by Gasteiger charge is -2.61. The minimum Gasteiger partial charge on any atom is -0.393 e. The Balaban J connectivity index is 1.30. The molecule has 0 radical (unpaired) electrons. The van der Waals surface area contributed by atoms with Crippen LogP contribution in [0.3, 0.4) is 0 Å². The molecule has 3 N–H and O–H groups in total. The summed E-state index contributed by atoms with van der Waals surface area (Å²) in [6, 6.07) is 0. The van der Waals surface area contributed by atoms with Crippen molar-refractivity contribution in [3.63, 3.8) is 0 Å². The van der Waals surface area contributed by atoms with Gasteiger partial charge in [0.25, 0.3) is 0 Å². The van der Waals surface area contributed by atoms with Gasteiger partial charge in [0.2, 0.25) is 0 Å². The van der Waals surface area contributed by atoms with Crippen LogP contribution in [0.5, 0.6) is 0 Å². The van der Waals surface area contributed by atoms with E-state index in [0.717, 1.165) is 31.7 Å². The van der Waals surface area contributed by atoms with E-state index in [2.05, 4.69) is 33.0 Å². The summed E-state index contributed by atoms with van der Waals surface area (Å²) in [6.07, 6.45) is 10.1. The van der Waals surface area contributed by atoms with E-state index in [1.807, 2.05) is 0 Å². The Labute approximate surface area is 188 Å². The molecule has 6 aliphatic rings. The first kappa shape index (κ1) is 21.4. The van der Waals surface area contributed by atoms with Crippen LogP contribution in [0.1, 0.15) is 85.5 Å².